The summed E-state index contributed by atoms with van der Waals surface area (Å²) in [7, 11) is 0. The number of carboxylic acid groups (broad SMARTS) is 1. The monoisotopic (exact) mass is 265 g/mol. The van der Waals surface area contributed by atoms with Gasteiger partial charge in [0.2, 0.25) is 0 Å². The third kappa shape index (κ3) is 3.25. The van der Waals surface area contributed by atoms with Crippen LogP contribution in [0.1, 0.15) is 43.0 Å². The minimum absolute atomic E-state index is 0.0638. The van der Waals surface area contributed by atoms with Crippen LogP contribution in [0.15, 0.2) is 18.2 Å². The van der Waals surface area contributed by atoms with Crippen molar-refractivity contribution in [3.63, 3.8) is 0 Å². The lowest BCUT2D eigenvalue weighted by atomic mass is 9.92. The van der Waals surface area contributed by atoms with E-state index < -0.39 is 11.8 Å². The molecule has 1 heterocycles. The molecule has 0 saturated carbocycles. The number of rotatable bonds is 4. The number of hydrogen-bond donors (Lipinski definition) is 1. The minimum atomic E-state index is -1.06. The first-order chi connectivity index (χ1) is 9.11. The van der Waals surface area contributed by atoms with E-state index >= 15 is 0 Å². The molecule has 0 bridgehead atoms. The topological polar surface area (TPSA) is 40.5 Å². The number of carboxylic acids is 1. The highest BCUT2D eigenvalue weighted by Gasteiger charge is 2.22. The number of piperidine rings is 1. The number of nitrogens with zero attached hydrogens (tertiary/aromatic N) is 1. The summed E-state index contributed by atoms with van der Waals surface area (Å²) in [6.45, 7) is 3.90. The van der Waals surface area contributed by atoms with Crippen molar-refractivity contribution < 1.29 is 14.3 Å². The van der Waals surface area contributed by atoms with E-state index in [1.54, 1.807) is 6.07 Å². The summed E-state index contributed by atoms with van der Waals surface area (Å²) < 4.78 is 13.2. The standard InChI is InChI=1S/C15H20FNO2/c1-2-3-11-6-8-17(9-7-11)14-5-4-12(16)10-13(14)15(18)19/h4-5,10-11H,2-3,6-9H2,1H3,(H,18,19). The summed E-state index contributed by atoms with van der Waals surface area (Å²) in [4.78, 5) is 13.3. The molecule has 1 N–H and O–H groups in total. The van der Waals surface area contributed by atoms with E-state index in [4.69, 9.17) is 5.11 Å². The van der Waals surface area contributed by atoms with Crippen LogP contribution in [0.2, 0.25) is 0 Å². The van der Waals surface area contributed by atoms with E-state index in [9.17, 15) is 9.18 Å². The summed E-state index contributed by atoms with van der Waals surface area (Å²) in [6, 6.07) is 4.02. The van der Waals surface area contributed by atoms with Crippen molar-refractivity contribution in [1.82, 2.24) is 0 Å². The molecule has 1 fully saturated rings. The van der Waals surface area contributed by atoms with Crippen LogP contribution in [0.4, 0.5) is 10.1 Å². The number of hydrogen-bond acceptors (Lipinski definition) is 2. The zero-order chi connectivity index (χ0) is 13.8. The number of aromatic carboxylic acids is 1. The van der Waals surface area contributed by atoms with Gasteiger partial charge in [0.1, 0.15) is 5.82 Å². The molecule has 0 spiro atoms. The van der Waals surface area contributed by atoms with Crippen molar-refractivity contribution in [1.29, 1.82) is 0 Å². The van der Waals surface area contributed by atoms with Crippen LogP contribution in [0.5, 0.6) is 0 Å². The maximum absolute atomic E-state index is 13.2. The van der Waals surface area contributed by atoms with Gasteiger partial charge in [0.25, 0.3) is 0 Å². The number of halogens is 1. The average Bonchev–Trinajstić information content (AvgIpc) is 2.40. The quantitative estimate of drug-likeness (QED) is 0.905. The third-order valence-corrected chi connectivity index (χ3v) is 3.84. The fourth-order valence-electron chi connectivity index (χ4n) is 2.83. The number of carbonyl (C=O) groups is 1. The SMILES string of the molecule is CCCC1CCN(c2ccc(F)cc2C(=O)O)CC1. The fraction of sp³-hybridized carbons (Fsp3) is 0.533. The molecule has 2 rings (SSSR count). The zero-order valence-corrected chi connectivity index (χ0v) is 11.2. The van der Waals surface area contributed by atoms with Crippen molar-refractivity contribution in [3.05, 3.63) is 29.6 Å². The summed E-state index contributed by atoms with van der Waals surface area (Å²) in [5.41, 5.74) is 0.706. The fourth-order valence-corrected chi connectivity index (χ4v) is 2.83. The predicted octanol–water partition coefficient (Wildman–Crippen LogP) is 3.54. The van der Waals surface area contributed by atoms with E-state index in [-0.39, 0.29) is 5.56 Å². The third-order valence-electron chi connectivity index (χ3n) is 3.84. The summed E-state index contributed by atoms with van der Waals surface area (Å²) in [6.07, 6.45) is 4.61. The molecular formula is C15H20FNO2. The van der Waals surface area contributed by atoms with E-state index in [1.165, 1.54) is 18.9 Å². The van der Waals surface area contributed by atoms with Crippen LogP contribution in [0, 0.1) is 11.7 Å². The van der Waals surface area contributed by atoms with Crippen LogP contribution in [0.25, 0.3) is 0 Å². The van der Waals surface area contributed by atoms with Gasteiger partial charge in [-0.15, -0.1) is 0 Å². The number of benzene rings is 1. The largest absolute Gasteiger partial charge is 0.478 e. The molecule has 0 unspecified atom stereocenters. The van der Waals surface area contributed by atoms with E-state index in [2.05, 4.69) is 11.8 Å². The minimum Gasteiger partial charge on any atom is -0.478 e. The van der Waals surface area contributed by atoms with Gasteiger partial charge >= 0.3 is 5.97 Å². The van der Waals surface area contributed by atoms with Gasteiger partial charge in [-0.2, -0.15) is 0 Å². The maximum atomic E-state index is 13.2. The van der Waals surface area contributed by atoms with E-state index in [1.807, 2.05) is 0 Å². The molecule has 3 nitrogen and oxygen atoms in total. The average molecular weight is 265 g/mol. The Hall–Kier alpha value is -1.58. The molecule has 104 valence electrons. The molecule has 0 aromatic heterocycles. The molecule has 1 aromatic rings. The molecular weight excluding hydrogens is 245 g/mol. The highest BCUT2D eigenvalue weighted by molar-refractivity contribution is 5.94. The first-order valence-corrected chi connectivity index (χ1v) is 6.89. The molecule has 1 aliphatic heterocycles. The normalized spacial score (nSPS) is 16.6. The Balaban J connectivity index is 2.13. The Morgan fingerprint density at radius 2 is 2.11 bits per heavy atom. The Labute approximate surface area is 113 Å². The maximum Gasteiger partial charge on any atom is 0.337 e. The molecule has 0 amide bonds. The number of anilines is 1. The lowest BCUT2D eigenvalue weighted by Crippen LogP contribution is -2.34. The molecule has 19 heavy (non-hydrogen) atoms. The second-order valence-electron chi connectivity index (χ2n) is 5.19. The second-order valence-corrected chi connectivity index (χ2v) is 5.19. The first-order valence-electron chi connectivity index (χ1n) is 6.89. The van der Waals surface area contributed by atoms with Crippen molar-refractivity contribution in [2.24, 2.45) is 5.92 Å². The predicted molar refractivity (Wildman–Crippen MR) is 73.2 cm³/mol. The van der Waals surface area contributed by atoms with Crippen LogP contribution in [-0.2, 0) is 0 Å². The van der Waals surface area contributed by atoms with Crippen LogP contribution in [-0.4, -0.2) is 24.2 Å². The molecule has 4 heteroatoms. The Morgan fingerprint density at radius 1 is 1.42 bits per heavy atom. The highest BCUT2D eigenvalue weighted by atomic mass is 19.1. The Bertz CT molecular complexity index is 453. The van der Waals surface area contributed by atoms with Gasteiger partial charge in [-0.05, 0) is 37.0 Å². The van der Waals surface area contributed by atoms with Crippen LogP contribution in [0.3, 0.4) is 0 Å². The molecule has 1 aliphatic rings. The van der Waals surface area contributed by atoms with Crippen LogP contribution >= 0.6 is 0 Å². The molecule has 1 aromatic carbocycles. The van der Waals surface area contributed by atoms with Gasteiger partial charge in [0.05, 0.1) is 11.3 Å². The lowest BCUT2D eigenvalue weighted by Gasteiger charge is -2.34. The molecule has 0 aliphatic carbocycles. The van der Waals surface area contributed by atoms with Crippen LogP contribution < -0.4 is 4.90 Å². The van der Waals surface area contributed by atoms with Crippen molar-refractivity contribution in [2.75, 3.05) is 18.0 Å². The summed E-state index contributed by atoms with van der Waals surface area (Å²) >= 11 is 0. The Kier molecular flexibility index (Phi) is 4.40. The van der Waals surface area contributed by atoms with Gasteiger partial charge in [-0.25, -0.2) is 9.18 Å². The highest BCUT2D eigenvalue weighted by Crippen LogP contribution is 2.28. The second kappa shape index (κ2) is 6.04. The van der Waals surface area contributed by atoms with Gasteiger partial charge in [-0.3, -0.25) is 0 Å². The Morgan fingerprint density at radius 3 is 2.68 bits per heavy atom. The van der Waals surface area contributed by atoms with Crippen molar-refractivity contribution in [2.45, 2.75) is 32.6 Å². The van der Waals surface area contributed by atoms with Crippen molar-refractivity contribution in [3.8, 4) is 0 Å². The smallest absolute Gasteiger partial charge is 0.337 e. The summed E-state index contributed by atoms with van der Waals surface area (Å²) in [5.74, 6) is -0.817. The van der Waals surface area contributed by atoms with Gasteiger partial charge in [0.15, 0.2) is 0 Å². The first kappa shape index (κ1) is 13.8. The molecule has 1 saturated heterocycles. The van der Waals surface area contributed by atoms with Gasteiger partial charge < -0.3 is 10.0 Å². The van der Waals surface area contributed by atoms with Gasteiger partial charge in [0, 0.05) is 13.1 Å². The lowest BCUT2D eigenvalue weighted by molar-refractivity contribution is 0.0697. The van der Waals surface area contributed by atoms with E-state index in [0.29, 0.717) is 5.69 Å². The molecule has 0 radical (unpaired) electrons. The van der Waals surface area contributed by atoms with Gasteiger partial charge in [-0.1, -0.05) is 19.8 Å². The summed E-state index contributed by atoms with van der Waals surface area (Å²) in [5, 5.41) is 9.16. The molecule has 0 atom stereocenters. The van der Waals surface area contributed by atoms with Crippen molar-refractivity contribution >= 4 is 11.7 Å². The van der Waals surface area contributed by atoms with E-state index in [0.717, 1.165) is 37.9 Å². The zero-order valence-electron chi connectivity index (χ0n) is 11.2.